The van der Waals surface area contributed by atoms with Crippen LogP contribution in [0.3, 0.4) is 0 Å². The highest BCUT2D eigenvalue weighted by atomic mass is 127. The molecule has 1 saturated carbocycles. The first-order valence-electron chi connectivity index (χ1n) is 6.45. The first-order valence-corrected chi connectivity index (χ1v) is 7.53. The van der Waals surface area contributed by atoms with Crippen LogP contribution >= 0.6 is 22.6 Å². The first kappa shape index (κ1) is 13.6. The molecule has 1 fully saturated rings. The van der Waals surface area contributed by atoms with E-state index >= 15 is 0 Å². The minimum absolute atomic E-state index is 0.0974. The zero-order valence-electron chi connectivity index (χ0n) is 10.6. The Morgan fingerprint density at radius 2 is 2.11 bits per heavy atom. The van der Waals surface area contributed by atoms with Gasteiger partial charge in [0.1, 0.15) is 0 Å². The van der Waals surface area contributed by atoms with Crippen molar-refractivity contribution in [2.45, 2.75) is 38.6 Å². The molecule has 0 aromatic heterocycles. The van der Waals surface area contributed by atoms with Crippen LogP contribution in [0.1, 0.15) is 31.2 Å². The highest BCUT2D eigenvalue weighted by Gasteiger charge is 2.16. The fourth-order valence-electron chi connectivity index (χ4n) is 2.32. The number of halogens is 1. The summed E-state index contributed by atoms with van der Waals surface area (Å²) < 4.78 is 1.22. The Morgan fingerprint density at radius 3 is 2.83 bits per heavy atom. The zero-order valence-corrected chi connectivity index (χ0v) is 12.8. The lowest BCUT2D eigenvalue weighted by molar-refractivity contribution is -0.120. The van der Waals surface area contributed by atoms with Gasteiger partial charge in [-0.3, -0.25) is 4.79 Å². The molecule has 0 spiro atoms. The number of amides is 1. The van der Waals surface area contributed by atoms with Crippen molar-refractivity contribution in [1.82, 2.24) is 5.32 Å². The summed E-state index contributed by atoms with van der Waals surface area (Å²) in [5, 5.41) is 6.29. The van der Waals surface area contributed by atoms with Gasteiger partial charge in [0.2, 0.25) is 5.91 Å². The van der Waals surface area contributed by atoms with Crippen LogP contribution in [-0.4, -0.2) is 18.5 Å². The van der Waals surface area contributed by atoms with E-state index in [0.717, 1.165) is 18.5 Å². The fraction of sp³-hybridized carbons (Fsp3) is 0.500. The van der Waals surface area contributed by atoms with Gasteiger partial charge in [-0.2, -0.15) is 0 Å². The van der Waals surface area contributed by atoms with Gasteiger partial charge >= 0.3 is 0 Å². The molecule has 0 heterocycles. The third-order valence-corrected chi connectivity index (χ3v) is 4.60. The molecule has 2 rings (SSSR count). The predicted molar refractivity (Wildman–Crippen MR) is 82.8 cm³/mol. The minimum atomic E-state index is 0.0974. The molecule has 2 N–H and O–H groups in total. The van der Waals surface area contributed by atoms with Gasteiger partial charge in [0, 0.05) is 15.3 Å². The minimum Gasteiger partial charge on any atom is -0.376 e. The van der Waals surface area contributed by atoms with Crippen molar-refractivity contribution in [2.75, 3.05) is 11.9 Å². The Balaban J connectivity index is 1.83. The summed E-state index contributed by atoms with van der Waals surface area (Å²) in [6.45, 7) is 2.43. The normalized spacial score (nSPS) is 15.7. The Kier molecular flexibility index (Phi) is 4.86. The summed E-state index contributed by atoms with van der Waals surface area (Å²) >= 11 is 2.31. The van der Waals surface area contributed by atoms with E-state index in [9.17, 15) is 4.79 Å². The Hall–Kier alpha value is -0.780. The van der Waals surface area contributed by atoms with Crippen molar-refractivity contribution in [3.05, 3.63) is 27.3 Å². The van der Waals surface area contributed by atoms with E-state index < -0.39 is 0 Å². The second-order valence-electron chi connectivity index (χ2n) is 4.81. The van der Waals surface area contributed by atoms with E-state index in [0.29, 0.717) is 12.6 Å². The molecule has 1 aromatic carbocycles. The number of hydrogen-bond donors (Lipinski definition) is 2. The second kappa shape index (κ2) is 6.41. The van der Waals surface area contributed by atoms with Gasteiger partial charge in [-0.25, -0.2) is 0 Å². The molecule has 1 aliphatic rings. The van der Waals surface area contributed by atoms with Gasteiger partial charge < -0.3 is 10.6 Å². The molecular weight excluding hydrogens is 339 g/mol. The number of benzene rings is 1. The molecule has 0 saturated heterocycles. The standard InChI is InChI=1S/C14H19IN2O/c1-10-12(15)7-4-8-13(10)16-9-14(18)17-11-5-2-3-6-11/h4,7-8,11,16H,2-3,5-6,9H2,1H3,(H,17,18). The van der Waals surface area contributed by atoms with Gasteiger partial charge in [-0.05, 0) is 60.1 Å². The predicted octanol–water partition coefficient (Wildman–Crippen LogP) is 3.07. The number of nitrogens with one attached hydrogen (secondary N) is 2. The number of carbonyl (C=O) groups excluding carboxylic acids is 1. The number of carbonyl (C=O) groups is 1. The molecule has 1 aromatic rings. The maximum atomic E-state index is 11.8. The van der Waals surface area contributed by atoms with Crippen LogP contribution in [0.2, 0.25) is 0 Å². The average Bonchev–Trinajstić information content (AvgIpc) is 2.84. The Morgan fingerprint density at radius 1 is 1.39 bits per heavy atom. The van der Waals surface area contributed by atoms with Crippen LogP contribution in [0.15, 0.2) is 18.2 Å². The van der Waals surface area contributed by atoms with E-state index in [-0.39, 0.29) is 5.91 Å². The van der Waals surface area contributed by atoms with Crippen molar-refractivity contribution in [2.24, 2.45) is 0 Å². The molecular formula is C14H19IN2O. The van der Waals surface area contributed by atoms with Crippen LogP contribution in [0, 0.1) is 10.5 Å². The molecule has 98 valence electrons. The Labute approximate surface area is 122 Å². The van der Waals surface area contributed by atoms with Gasteiger partial charge in [0.15, 0.2) is 0 Å². The van der Waals surface area contributed by atoms with E-state index in [1.807, 2.05) is 12.1 Å². The van der Waals surface area contributed by atoms with Crippen LogP contribution in [0.4, 0.5) is 5.69 Å². The molecule has 0 unspecified atom stereocenters. The van der Waals surface area contributed by atoms with Crippen molar-refractivity contribution in [1.29, 1.82) is 0 Å². The highest BCUT2D eigenvalue weighted by Crippen LogP contribution is 2.20. The smallest absolute Gasteiger partial charge is 0.239 e. The molecule has 0 atom stereocenters. The molecule has 0 bridgehead atoms. The second-order valence-corrected chi connectivity index (χ2v) is 5.98. The average molecular weight is 358 g/mol. The molecule has 1 amide bonds. The van der Waals surface area contributed by atoms with Crippen molar-refractivity contribution in [3.63, 3.8) is 0 Å². The monoisotopic (exact) mass is 358 g/mol. The molecule has 4 heteroatoms. The van der Waals surface area contributed by atoms with Crippen molar-refractivity contribution >= 4 is 34.2 Å². The van der Waals surface area contributed by atoms with Crippen LogP contribution in [0.25, 0.3) is 0 Å². The van der Waals surface area contributed by atoms with Crippen LogP contribution in [-0.2, 0) is 4.79 Å². The topological polar surface area (TPSA) is 41.1 Å². The van der Waals surface area contributed by atoms with E-state index in [1.54, 1.807) is 0 Å². The van der Waals surface area contributed by atoms with Gasteiger partial charge in [-0.15, -0.1) is 0 Å². The fourth-order valence-corrected chi connectivity index (χ4v) is 2.82. The number of anilines is 1. The number of rotatable bonds is 4. The lowest BCUT2D eigenvalue weighted by atomic mass is 10.2. The van der Waals surface area contributed by atoms with Gasteiger partial charge in [-0.1, -0.05) is 18.9 Å². The first-order chi connectivity index (χ1) is 8.66. The largest absolute Gasteiger partial charge is 0.376 e. The lowest BCUT2D eigenvalue weighted by Gasteiger charge is -2.14. The summed E-state index contributed by atoms with van der Waals surface area (Å²) in [7, 11) is 0. The van der Waals surface area contributed by atoms with E-state index in [4.69, 9.17) is 0 Å². The summed E-state index contributed by atoms with van der Waals surface area (Å²) in [5.41, 5.74) is 2.25. The summed E-state index contributed by atoms with van der Waals surface area (Å²) in [5.74, 6) is 0.0974. The molecule has 3 nitrogen and oxygen atoms in total. The maximum absolute atomic E-state index is 11.8. The van der Waals surface area contributed by atoms with Gasteiger partial charge in [0.25, 0.3) is 0 Å². The van der Waals surface area contributed by atoms with Crippen LogP contribution < -0.4 is 10.6 Å². The summed E-state index contributed by atoms with van der Waals surface area (Å²) in [6.07, 6.45) is 4.75. The third-order valence-electron chi connectivity index (χ3n) is 3.43. The maximum Gasteiger partial charge on any atom is 0.239 e. The summed E-state index contributed by atoms with van der Waals surface area (Å²) in [4.78, 5) is 11.8. The van der Waals surface area contributed by atoms with Gasteiger partial charge in [0.05, 0.1) is 6.54 Å². The van der Waals surface area contributed by atoms with Crippen molar-refractivity contribution < 1.29 is 4.79 Å². The molecule has 1 aliphatic carbocycles. The molecule has 0 aliphatic heterocycles. The molecule has 0 radical (unpaired) electrons. The van der Waals surface area contributed by atoms with E-state index in [1.165, 1.54) is 22.0 Å². The van der Waals surface area contributed by atoms with Crippen LogP contribution in [0.5, 0.6) is 0 Å². The zero-order chi connectivity index (χ0) is 13.0. The quantitative estimate of drug-likeness (QED) is 0.813. The Bertz CT molecular complexity index is 428. The van der Waals surface area contributed by atoms with E-state index in [2.05, 4.69) is 46.2 Å². The molecule has 18 heavy (non-hydrogen) atoms. The number of hydrogen-bond acceptors (Lipinski definition) is 2. The highest BCUT2D eigenvalue weighted by molar-refractivity contribution is 14.1. The SMILES string of the molecule is Cc1c(I)cccc1NCC(=O)NC1CCCC1. The van der Waals surface area contributed by atoms with Crippen molar-refractivity contribution in [3.8, 4) is 0 Å². The third kappa shape index (κ3) is 3.60. The summed E-state index contributed by atoms with van der Waals surface area (Å²) in [6, 6.07) is 6.49. The lowest BCUT2D eigenvalue weighted by Crippen LogP contribution is -2.36.